The Balaban J connectivity index is 1.33. The van der Waals surface area contributed by atoms with Crippen molar-refractivity contribution >= 4 is 34.4 Å². The fourth-order valence-electron chi connectivity index (χ4n) is 4.06. The Kier molecular flexibility index (Phi) is 5.91. The van der Waals surface area contributed by atoms with Crippen molar-refractivity contribution < 1.29 is 14.4 Å². The number of ether oxygens (including phenoxy) is 1. The van der Waals surface area contributed by atoms with Crippen molar-refractivity contribution in [1.29, 1.82) is 0 Å². The second-order valence-electron chi connectivity index (χ2n) is 7.89. The second kappa shape index (κ2) is 9.13. The van der Waals surface area contributed by atoms with Gasteiger partial charge in [0.05, 0.1) is 13.7 Å². The zero-order chi connectivity index (χ0) is 21.9. The van der Waals surface area contributed by atoms with Crippen LogP contribution in [-0.2, 0) is 6.54 Å². The van der Waals surface area contributed by atoms with Crippen LogP contribution in [0, 0.1) is 5.92 Å². The topological polar surface area (TPSA) is 88.6 Å². The lowest BCUT2D eigenvalue weighted by atomic mass is 10.1. The number of rotatable bonds is 8. The highest BCUT2D eigenvalue weighted by Gasteiger charge is 2.22. The van der Waals surface area contributed by atoms with Crippen LogP contribution in [0.1, 0.15) is 12.0 Å². The maximum Gasteiger partial charge on any atom is 0.191 e. The van der Waals surface area contributed by atoms with Crippen LogP contribution in [0.25, 0.3) is 11.0 Å². The van der Waals surface area contributed by atoms with E-state index in [-0.39, 0.29) is 6.61 Å². The average Bonchev–Trinajstić information content (AvgIpc) is 3.58. The van der Waals surface area contributed by atoms with E-state index in [0.717, 1.165) is 35.4 Å². The molecular formula is C23H25N5O3S. The first kappa shape index (κ1) is 20.7. The summed E-state index contributed by atoms with van der Waals surface area (Å²) in [7, 11) is 1.65. The van der Waals surface area contributed by atoms with Crippen LogP contribution in [-0.4, -0.2) is 46.8 Å². The SMILES string of the molecule is COc1cc(Cn2cccn2)cc2onc(NSc3cccc(N4CCC(CO)C4)c3)c12. The normalized spacial score (nSPS) is 16.1. The molecule has 0 amide bonds. The number of aliphatic hydroxyl groups excluding tert-OH is 1. The second-order valence-corrected chi connectivity index (χ2v) is 8.77. The number of anilines is 2. The maximum atomic E-state index is 9.41. The largest absolute Gasteiger partial charge is 0.496 e. The molecule has 1 aliphatic rings. The quantitative estimate of drug-likeness (QED) is 0.389. The van der Waals surface area contributed by atoms with Gasteiger partial charge < -0.3 is 24.0 Å². The van der Waals surface area contributed by atoms with Gasteiger partial charge in [0, 0.05) is 48.6 Å². The van der Waals surface area contributed by atoms with Crippen LogP contribution in [0.4, 0.5) is 11.5 Å². The zero-order valence-corrected chi connectivity index (χ0v) is 18.6. The number of aliphatic hydroxyl groups is 1. The van der Waals surface area contributed by atoms with Crippen LogP contribution >= 0.6 is 11.9 Å². The lowest BCUT2D eigenvalue weighted by molar-refractivity contribution is 0.238. The van der Waals surface area contributed by atoms with Gasteiger partial charge in [0.25, 0.3) is 0 Å². The Morgan fingerprint density at radius 1 is 1.28 bits per heavy atom. The molecule has 9 heteroatoms. The van der Waals surface area contributed by atoms with Gasteiger partial charge in [-0.3, -0.25) is 4.68 Å². The molecule has 1 unspecified atom stereocenters. The molecule has 1 aliphatic heterocycles. The average molecular weight is 452 g/mol. The highest BCUT2D eigenvalue weighted by atomic mass is 32.2. The fourth-order valence-corrected chi connectivity index (χ4v) is 4.74. The minimum Gasteiger partial charge on any atom is -0.496 e. The highest BCUT2D eigenvalue weighted by molar-refractivity contribution is 8.00. The third-order valence-electron chi connectivity index (χ3n) is 5.71. The van der Waals surface area contributed by atoms with Crippen LogP contribution in [0.2, 0.25) is 0 Å². The summed E-state index contributed by atoms with van der Waals surface area (Å²) in [4.78, 5) is 3.39. The smallest absolute Gasteiger partial charge is 0.191 e. The van der Waals surface area contributed by atoms with Crippen molar-refractivity contribution in [2.45, 2.75) is 17.9 Å². The number of nitrogens with one attached hydrogen (secondary N) is 1. The van der Waals surface area contributed by atoms with Crippen molar-refractivity contribution in [1.82, 2.24) is 14.9 Å². The van der Waals surface area contributed by atoms with Gasteiger partial charge in [-0.2, -0.15) is 5.10 Å². The molecule has 2 aromatic heterocycles. The number of nitrogens with zero attached hydrogens (tertiary/aromatic N) is 4. The molecule has 0 aliphatic carbocycles. The summed E-state index contributed by atoms with van der Waals surface area (Å²) in [6, 6.07) is 14.2. The Bertz CT molecular complexity index is 1190. The molecule has 2 N–H and O–H groups in total. The van der Waals surface area contributed by atoms with Crippen molar-refractivity contribution in [3.05, 3.63) is 60.4 Å². The molecule has 3 heterocycles. The molecule has 8 nitrogen and oxygen atoms in total. The molecule has 1 fully saturated rings. The van der Waals surface area contributed by atoms with E-state index in [1.54, 1.807) is 13.3 Å². The van der Waals surface area contributed by atoms with Gasteiger partial charge in [-0.05, 0) is 60.3 Å². The van der Waals surface area contributed by atoms with E-state index >= 15 is 0 Å². The number of aromatic nitrogens is 3. The van der Waals surface area contributed by atoms with Gasteiger partial charge in [-0.15, -0.1) is 0 Å². The first-order valence-corrected chi connectivity index (χ1v) is 11.4. The van der Waals surface area contributed by atoms with E-state index in [9.17, 15) is 5.11 Å². The maximum absolute atomic E-state index is 9.41. The summed E-state index contributed by atoms with van der Waals surface area (Å²) >= 11 is 1.48. The highest BCUT2D eigenvalue weighted by Crippen LogP contribution is 2.36. The molecule has 0 radical (unpaired) electrons. The van der Waals surface area contributed by atoms with Gasteiger partial charge in [0.2, 0.25) is 0 Å². The number of hydrogen-bond donors (Lipinski definition) is 2. The van der Waals surface area contributed by atoms with Gasteiger partial charge in [-0.25, -0.2) is 0 Å². The molecule has 32 heavy (non-hydrogen) atoms. The van der Waals surface area contributed by atoms with E-state index in [4.69, 9.17) is 9.26 Å². The van der Waals surface area contributed by atoms with Crippen LogP contribution in [0.3, 0.4) is 0 Å². The Hall–Kier alpha value is -3.17. The summed E-state index contributed by atoms with van der Waals surface area (Å²) in [5, 5.41) is 18.7. The van der Waals surface area contributed by atoms with E-state index in [1.807, 2.05) is 29.1 Å². The number of fused-ring (bicyclic) bond motifs is 1. The Morgan fingerprint density at radius 2 is 2.22 bits per heavy atom. The summed E-state index contributed by atoms with van der Waals surface area (Å²) in [6.07, 6.45) is 4.70. The molecular weight excluding hydrogens is 426 g/mol. The minimum absolute atomic E-state index is 0.247. The van der Waals surface area contributed by atoms with E-state index in [2.05, 4.69) is 44.1 Å². The first-order valence-electron chi connectivity index (χ1n) is 10.6. The van der Waals surface area contributed by atoms with Crippen LogP contribution in [0.5, 0.6) is 5.75 Å². The summed E-state index contributed by atoms with van der Waals surface area (Å²) in [5.41, 5.74) is 2.85. The molecule has 1 atom stereocenters. The summed E-state index contributed by atoms with van der Waals surface area (Å²) < 4.78 is 16.4. The molecule has 1 saturated heterocycles. The monoisotopic (exact) mass is 451 g/mol. The summed E-state index contributed by atoms with van der Waals surface area (Å²) in [5.74, 6) is 1.69. The number of benzene rings is 2. The van der Waals surface area contributed by atoms with E-state index in [1.165, 1.54) is 17.6 Å². The zero-order valence-electron chi connectivity index (χ0n) is 17.8. The molecule has 0 saturated carbocycles. The van der Waals surface area contributed by atoms with E-state index < -0.39 is 0 Å². The third kappa shape index (κ3) is 4.26. The Labute approximate surface area is 190 Å². The van der Waals surface area contributed by atoms with Crippen LogP contribution in [0.15, 0.2) is 64.3 Å². The van der Waals surface area contributed by atoms with E-state index in [0.29, 0.717) is 29.6 Å². The van der Waals surface area contributed by atoms with Gasteiger partial charge >= 0.3 is 0 Å². The first-order chi connectivity index (χ1) is 15.7. The van der Waals surface area contributed by atoms with Crippen LogP contribution < -0.4 is 14.4 Å². The predicted octanol–water partition coefficient (Wildman–Crippen LogP) is 4.02. The van der Waals surface area contributed by atoms with Gasteiger partial charge in [0.1, 0.15) is 11.1 Å². The molecule has 0 bridgehead atoms. The predicted molar refractivity (Wildman–Crippen MR) is 125 cm³/mol. The lowest BCUT2D eigenvalue weighted by Crippen LogP contribution is -2.20. The minimum atomic E-state index is 0.247. The molecule has 166 valence electrons. The Morgan fingerprint density at radius 3 is 3.00 bits per heavy atom. The van der Waals surface area contributed by atoms with Crippen molar-refractivity contribution in [3.8, 4) is 5.75 Å². The standard InChI is InChI=1S/C23H25N5O3S/c1-30-20-10-17(14-28-8-3-7-24-28)11-21-22(20)23(25-31-21)26-32-19-5-2-4-18(12-19)27-9-6-16(13-27)15-29/h2-5,7-8,10-12,16,29H,6,9,13-15H2,1H3,(H,25,26). The van der Waals surface area contributed by atoms with Crippen molar-refractivity contribution in [3.63, 3.8) is 0 Å². The number of methoxy groups -OCH3 is 1. The molecule has 5 rings (SSSR count). The van der Waals surface area contributed by atoms with Crippen molar-refractivity contribution in [2.75, 3.05) is 36.4 Å². The fraction of sp³-hybridized carbons (Fsp3) is 0.304. The van der Waals surface area contributed by atoms with Gasteiger partial charge in [-0.1, -0.05) is 11.2 Å². The number of hydrogen-bond acceptors (Lipinski definition) is 8. The lowest BCUT2D eigenvalue weighted by Gasteiger charge is -2.19. The molecule has 0 spiro atoms. The third-order valence-corrected chi connectivity index (χ3v) is 6.50. The van der Waals surface area contributed by atoms with Gasteiger partial charge in [0.15, 0.2) is 11.4 Å². The van der Waals surface area contributed by atoms with Crippen molar-refractivity contribution in [2.24, 2.45) is 5.92 Å². The molecule has 4 aromatic rings. The molecule has 2 aromatic carbocycles. The summed E-state index contributed by atoms with van der Waals surface area (Å²) in [6.45, 7) is 2.73.